The van der Waals surface area contributed by atoms with E-state index in [1.54, 1.807) is 6.08 Å². The van der Waals surface area contributed by atoms with E-state index in [0.717, 1.165) is 103 Å². The molecular formula is C58H99NO8. The van der Waals surface area contributed by atoms with Crippen molar-refractivity contribution in [1.29, 1.82) is 0 Å². The van der Waals surface area contributed by atoms with Gasteiger partial charge in [0.1, 0.15) is 24.4 Å². The Morgan fingerprint density at radius 1 is 0.522 bits per heavy atom. The van der Waals surface area contributed by atoms with Gasteiger partial charge in [0.05, 0.1) is 25.4 Å². The fraction of sp³-hybridized carbons (Fsp3) is 0.707. The highest BCUT2D eigenvalue weighted by Crippen LogP contribution is 2.22. The molecule has 7 unspecified atom stereocenters. The summed E-state index contributed by atoms with van der Waals surface area (Å²) in [4.78, 5) is 13.0. The maximum absolute atomic E-state index is 13.0. The summed E-state index contributed by atoms with van der Waals surface area (Å²) in [6.07, 6.45) is 60.3. The van der Waals surface area contributed by atoms with Crippen LogP contribution in [0, 0.1) is 0 Å². The molecule has 0 radical (unpaired) electrons. The predicted octanol–water partition coefficient (Wildman–Crippen LogP) is 12.8. The minimum atomic E-state index is -1.58. The molecule has 0 bridgehead atoms. The largest absolute Gasteiger partial charge is 0.394 e. The fourth-order valence-electron chi connectivity index (χ4n) is 7.86. The molecule has 67 heavy (non-hydrogen) atoms. The molecule has 0 saturated carbocycles. The highest BCUT2D eigenvalue weighted by atomic mass is 16.7. The van der Waals surface area contributed by atoms with Crippen molar-refractivity contribution in [1.82, 2.24) is 5.32 Å². The lowest BCUT2D eigenvalue weighted by Crippen LogP contribution is -2.60. The fourth-order valence-corrected chi connectivity index (χ4v) is 7.86. The van der Waals surface area contributed by atoms with Crippen LogP contribution in [0.25, 0.3) is 0 Å². The van der Waals surface area contributed by atoms with E-state index in [4.69, 9.17) is 9.47 Å². The standard InChI is InChI=1S/C58H99NO8/c1-3-5-7-9-11-13-15-17-19-21-23-25-26-28-29-31-33-35-37-39-41-43-45-47-52(61)51(50-66-58-57(65)56(64)55(63)53(49-60)67-58)59-54(62)48-46-44-42-40-38-36-34-32-30-27-24-22-20-18-16-14-12-10-8-6-4-2/h6,8,12,14,18,20,24,27,29,31-32,34,37,39,45,47,51-53,55-58,60-61,63-65H,3-5,7,9-11,13,15-17,19,21-23,25-26,28,30,33,35-36,38,40-44,46,48-50H2,1-2H3,(H,59,62)/b8-6-,14-12-,20-18-,27-24-,31-29+,34-32-,39-37+,47-45+. The molecule has 1 rings (SSSR count). The predicted molar refractivity (Wildman–Crippen MR) is 281 cm³/mol. The van der Waals surface area contributed by atoms with Crippen molar-refractivity contribution in [2.24, 2.45) is 0 Å². The molecule has 9 heteroatoms. The lowest BCUT2D eigenvalue weighted by atomic mass is 9.99. The molecule has 384 valence electrons. The second-order valence-electron chi connectivity index (χ2n) is 18.3. The normalized spacial score (nSPS) is 20.5. The van der Waals surface area contributed by atoms with Crippen LogP contribution in [0.2, 0.25) is 0 Å². The number of allylic oxidation sites excluding steroid dienone is 15. The van der Waals surface area contributed by atoms with Gasteiger partial charge in [-0.3, -0.25) is 4.79 Å². The van der Waals surface area contributed by atoms with E-state index in [2.05, 4.69) is 104 Å². The van der Waals surface area contributed by atoms with Crippen LogP contribution < -0.4 is 5.32 Å². The number of aliphatic hydroxyl groups excluding tert-OH is 5. The molecule has 1 heterocycles. The van der Waals surface area contributed by atoms with Crippen molar-refractivity contribution in [3.05, 3.63) is 97.2 Å². The quantitative estimate of drug-likeness (QED) is 0.0261. The molecule has 1 saturated heterocycles. The maximum atomic E-state index is 13.0. The van der Waals surface area contributed by atoms with Crippen LogP contribution >= 0.6 is 0 Å². The second kappa shape index (κ2) is 46.8. The Morgan fingerprint density at radius 2 is 0.940 bits per heavy atom. The van der Waals surface area contributed by atoms with Crippen molar-refractivity contribution < 1.29 is 39.8 Å². The minimum absolute atomic E-state index is 0.213. The van der Waals surface area contributed by atoms with Gasteiger partial charge in [-0.2, -0.15) is 0 Å². The summed E-state index contributed by atoms with van der Waals surface area (Å²) in [5.74, 6) is -0.213. The summed E-state index contributed by atoms with van der Waals surface area (Å²) >= 11 is 0. The first-order valence-corrected chi connectivity index (χ1v) is 27.0. The third-order valence-corrected chi connectivity index (χ3v) is 12.1. The van der Waals surface area contributed by atoms with Gasteiger partial charge in [0, 0.05) is 6.42 Å². The Labute approximate surface area is 409 Å². The SMILES string of the molecule is CC/C=C\C/C=C\C/C=C\C/C=C\C/C=C\CCCCCCCC(=O)NC(COC1OC(CO)C(O)C(O)C1O)C(O)/C=C/CC/C=C/CC/C=C/CCCCCCCCCCCCCCC. The summed E-state index contributed by atoms with van der Waals surface area (Å²) in [5, 5.41) is 54.4. The zero-order chi connectivity index (χ0) is 48.7. The number of ether oxygens (including phenoxy) is 2. The number of nitrogens with one attached hydrogen (secondary N) is 1. The van der Waals surface area contributed by atoms with Crippen LogP contribution in [0.5, 0.6) is 0 Å². The first kappa shape index (κ1) is 62.1. The number of rotatable bonds is 44. The highest BCUT2D eigenvalue weighted by molar-refractivity contribution is 5.76. The van der Waals surface area contributed by atoms with Crippen molar-refractivity contribution in [3.63, 3.8) is 0 Å². The summed E-state index contributed by atoms with van der Waals surface area (Å²) in [7, 11) is 0. The number of carbonyl (C=O) groups is 1. The van der Waals surface area contributed by atoms with Gasteiger partial charge >= 0.3 is 0 Å². The third kappa shape index (κ3) is 36.7. The lowest BCUT2D eigenvalue weighted by molar-refractivity contribution is -0.302. The molecule has 0 spiro atoms. The van der Waals surface area contributed by atoms with Gasteiger partial charge in [-0.25, -0.2) is 0 Å². The first-order valence-electron chi connectivity index (χ1n) is 27.0. The Kier molecular flexibility index (Phi) is 43.4. The first-order chi connectivity index (χ1) is 32.8. The average Bonchev–Trinajstić information content (AvgIpc) is 3.33. The summed E-state index contributed by atoms with van der Waals surface area (Å²) in [6.45, 7) is 3.63. The van der Waals surface area contributed by atoms with Gasteiger partial charge in [-0.15, -0.1) is 0 Å². The van der Waals surface area contributed by atoms with Gasteiger partial charge in [0.15, 0.2) is 6.29 Å². The van der Waals surface area contributed by atoms with Gasteiger partial charge in [-0.1, -0.05) is 207 Å². The van der Waals surface area contributed by atoms with Crippen LogP contribution in [0.3, 0.4) is 0 Å². The van der Waals surface area contributed by atoms with Crippen molar-refractivity contribution in [3.8, 4) is 0 Å². The molecule has 1 amide bonds. The molecular weight excluding hydrogens is 839 g/mol. The molecule has 0 aliphatic carbocycles. The highest BCUT2D eigenvalue weighted by Gasteiger charge is 2.44. The van der Waals surface area contributed by atoms with Crippen LogP contribution in [-0.2, 0) is 14.3 Å². The molecule has 0 aromatic carbocycles. The zero-order valence-electron chi connectivity index (χ0n) is 42.4. The Hall–Kier alpha value is -2.89. The smallest absolute Gasteiger partial charge is 0.220 e. The Balaban J connectivity index is 2.34. The van der Waals surface area contributed by atoms with Crippen LogP contribution in [-0.4, -0.2) is 87.5 Å². The molecule has 7 atom stereocenters. The van der Waals surface area contributed by atoms with Gasteiger partial charge < -0.3 is 40.3 Å². The van der Waals surface area contributed by atoms with Crippen LogP contribution in [0.15, 0.2) is 97.2 Å². The van der Waals surface area contributed by atoms with E-state index in [0.29, 0.717) is 6.42 Å². The number of unbranched alkanes of at least 4 members (excludes halogenated alkanes) is 20. The van der Waals surface area contributed by atoms with Crippen molar-refractivity contribution >= 4 is 5.91 Å². The number of hydrogen-bond acceptors (Lipinski definition) is 8. The van der Waals surface area contributed by atoms with Crippen molar-refractivity contribution in [2.75, 3.05) is 13.2 Å². The van der Waals surface area contributed by atoms with E-state index in [-0.39, 0.29) is 12.5 Å². The number of aliphatic hydroxyl groups is 5. The van der Waals surface area contributed by atoms with Gasteiger partial charge in [0.2, 0.25) is 5.91 Å². The summed E-state index contributed by atoms with van der Waals surface area (Å²) < 4.78 is 11.2. The molecule has 9 nitrogen and oxygen atoms in total. The van der Waals surface area contributed by atoms with Crippen molar-refractivity contribution in [2.45, 2.75) is 249 Å². The monoisotopic (exact) mass is 938 g/mol. The number of carbonyl (C=O) groups excluding carboxylic acids is 1. The van der Waals surface area contributed by atoms with E-state index < -0.39 is 49.5 Å². The van der Waals surface area contributed by atoms with E-state index in [1.165, 1.54) is 83.5 Å². The molecule has 0 aromatic rings. The van der Waals surface area contributed by atoms with Crippen LogP contribution in [0.1, 0.15) is 206 Å². The lowest BCUT2D eigenvalue weighted by Gasteiger charge is -2.40. The minimum Gasteiger partial charge on any atom is -0.394 e. The van der Waals surface area contributed by atoms with E-state index in [1.807, 2.05) is 6.08 Å². The summed E-state index contributed by atoms with van der Waals surface area (Å²) in [5.41, 5.74) is 0. The van der Waals surface area contributed by atoms with Gasteiger partial charge in [-0.05, 0) is 89.9 Å². The summed E-state index contributed by atoms with van der Waals surface area (Å²) in [6, 6.07) is -0.846. The molecule has 1 fully saturated rings. The average molecular weight is 938 g/mol. The second-order valence-corrected chi connectivity index (χ2v) is 18.3. The van der Waals surface area contributed by atoms with E-state index in [9.17, 15) is 30.3 Å². The molecule has 1 aliphatic rings. The molecule has 1 aliphatic heterocycles. The molecule has 6 N–H and O–H groups in total. The topological polar surface area (TPSA) is 149 Å². The molecule has 0 aromatic heterocycles. The zero-order valence-corrected chi connectivity index (χ0v) is 42.4. The Morgan fingerprint density at radius 3 is 1.43 bits per heavy atom. The number of hydrogen-bond donors (Lipinski definition) is 6. The maximum Gasteiger partial charge on any atom is 0.220 e. The Bertz CT molecular complexity index is 1370. The van der Waals surface area contributed by atoms with Gasteiger partial charge in [0.25, 0.3) is 0 Å². The van der Waals surface area contributed by atoms with Crippen LogP contribution in [0.4, 0.5) is 0 Å². The third-order valence-electron chi connectivity index (χ3n) is 12.1. The number of amides is 1. The van der Waals surface area contributed by atoms with E-state index >= 15 is 0 Å².